The second-order valence-electron chi connectivity index (χ2n) is 8.16. The summed E-state index contributed by atoms with van der Waals surface area (Å²) in [6.07, 6.45) is 0.836. The molecule has 10 nitrogen and oxygen atoms in total. The van der Waals surface area contributed by atoms with Crippen LogP contribution in [-0.2, 0) is 16.6 Å². The first-order valence-corrected chi connectivity index (χ1v) is 13.6. The number of carbonyl (C=O) groups excluding carboxylic acids is 1. The largest absolute Gasteiger partial charge is 0.399 e. The van der Waals surface area contributed by atoms with Gasteiger partial charge in [-0.3, -0.25) is 9.59 Å². The van der Waals surface area contributed by atoms with E-state index in [2.05, 4.69) is 4.98 Å². The van der Waals surface area contributed by atoms with Crippen LogP contribution in [0.1, 0.15) is 16.1 Å². The number of sulfonamides is 1. The third-order valence-electron chi connectivity index (χ3n) is 5.55. The molecule has 2 aromatic carbocycles. The molecule has 184 valence electrons. The molecule has 0 aliphatic carbocycles. The molecule has 0 aliphatic heterocycles. The number of fused-ring (bicyclic) bond motifs is 2. The van der Waals surface area contributed by atoms with Gasteiger partial charge in [0.2, 0.25) is 10.0 Å². The topological polar surface area (TPSA) is 149 Å². The number of aromatic nitrogens is 3. The SMILES string of the molecule is CS(=O)(=O)NC(=O)c1c(-n2c(=O)[nH]c3cscc3c2=O)c2cc(Cl)ccc2n1Cc1cccc(N)c1. The van der Waals surface area contributed by atoms with Gasteiger partial charge in [-0.2, -0.15) is 0 Å². The summed E-state index contributed by atoms with van der Waals surface area (Å²) in [5.74, 6) is -1.01. The van der Waals surface area contributed by atoms with Crippen molar-refractivity contribution < 1.29 is 13.2 Å². The summed E-state index contributed by atoms with van der Waals surface area (Å²) < 4.78 is 28.3. The third kappa shape index (κ3) is 4.19. The van der Waals surface area contributed by atoms with E-state index in [0.717, 1.165) is 10.8 Å². The molecule has 0 spiro atoms. The van der Waals surface area contributed by atoms with Crippen molar-refractivity contribution in [1.82, 2.24) is 18.8 Å². The van der Waals surface area contributed by atoms with Crippen molar-refractivity contribution in [2.75, 3.05) is 12.0 Å². The van der Waals surface area contributed by atoms with Gasteiger partial charge in [0, 0.05) is 33.4 Å². The van der Waals surface area contributed by atoms with E-state index >= 15 is 0 Å². The van der Waals surface area contributed by atoms with E-state index in [1.54, 1.807) is 47.2 Å². The van der Waals surface area contributed by atoms with Crippen molar-refractivity contribution in [3.63, 3.8) is 0 Å². The van der Waals surface area contributed by atoms with Crippen LogP contribution in [0.5, 0.6) is 0 Å². The fourth-order valence-electron chi connectivity index (χ4n) is 4.17. The Hall–Kier alpha value is -3.87. The first-order chi connectivity index (χ1) is 17.0. The predicted octanol–water partition coefficient (Wildman–Crippen LogP) is 2.67. The van der Waals surface area contributed by atoms with Gasteiger partial charge in [-0.15, -0.1) is 11.3 Å². The van der Waals surface area contributed by atoms with E-state index in [0.29, 0.717) is 32.7 Å². The Bertz CT molecular complexity index is 1920. The number of aromatic amines is 1. The Morgan fingerprint density at radius 3 is 2.64 bits per heavy atom. The summed E-state index contributed by atoms with van der Waals surface area (Å²) in [6, 6.07) is 11.7. The van der Waals surface area contributed by atoms with Crippen LogP contribution in [0.4, 0.5) is 5.69 Å². The van der Waals surface area contributed by atoms with Crippen LogP contribution >= 0.6 is 22.9 Å². The quantitative estimate of drug-likeness (QED) is 0.290. The van der Waals surface area contributed by atoms with Gasteiger partial charge in [-0.25, -0.2) is 22.5 Å². The average Bonchev–Trinajstić information content (AvgIpc) is 3.36. The van der Waals surface area contributed by atoms with Gasteiger partial charge >= 0.3 is 5.69 Å². The number of nitrogen functional groups attached to an aromatic ring is 1. The zero-order valence-electron chi connectivity index (χ0n) is 18.6. The van der Waals surface area contributed by atoms with Gasteiger partial charge in [-0.1, -0.05) is 23.7 Å². The van der Waals surface area contributed by atoms with Crippen LogP contribution in [0.3, 0.4) is 0 Å². The molecule has 3 aromatic heterocycles. The Morgan fingerprint density at radius 1 is 1.14 bits per heavy atom. The molecule has 5 rings (SSSR count). The third-order valence-corrected chi connectivity index (χ3v) is 7.08. The average molecular weight is 544 g/mol. The summed E-state index contributed by atoms with van der Waals surface area (Å²) in [5.41, 5.74) is 6.19. The molecule has 0 saturated heterocycles. The lowest BCUT2D eigenvalue weighted by Crippen LogP contribution is -2.37. The van der Waals surface area contributed by atoms with E-state index in [1.165, 1.54) is 22.0 Å². The van der Waals surface area contributed by atoms with Crippen LogP contribution in [0.15, 0.2) is 62.8 Å². The highest BCUT2D eigenvalue weighted by Gasteiger charge is 2.28. The molecule has 0 aliphatic rings. The predicted molar refractivity (Wildman–Crippen MR) is 141 cm³/mol. The van der Waals surface area contributed by atoms with Crippen molar-refractivity contribution in [3.8, 4) is 5.69 Å². The number of nitrogens with one attached hydrogen (secondary N) is 2. The van der Waals surface area contributed by atoms with Crippen molar-refractivity contribution in [2.45, 2.75) is 6.54 Å². The number of halogens is 1. The molecular formula is C23H18ClN5O5S2. The lowest BCUT2D eigenvalue weighted by molar-refractivity contribution is 0.0973. The van der Waals surface area contributed by atoms with Crippen molar-refractivity contribution in [1.29, 1.82) is 0 Å². The number of rotatable bonds is 5. The molecule has 0 saturated carbocycles. The number of nitrogens with two attached hydrogens (primary N) is 1. The van der Waals surface area contributed by atoms with E-state index in [4.69, 9.17) is 17.3 Å². The zero-order valence-corrected chi connectivity index (χ0v) is 21.0. The second kappa shape index (κ2) is 8.66. The number of amides is 1. The van der Waals surface area contributed by atoms with E-state index in [-0.39, 0.29) is 23.3 Å². The molecule has 0 unspecified atom stereocenters. The van der Waals surface area contributed by atoms with E-state index < -0.39 is 27.2 Å². The van der Waals surface area contributed by atoms with Gasteiger partial charge in [0.15, 0.2) is 0 Å². The normalized spacial score (nSPS) is 11.8. The molecule has 4 N–H and O–H groups in total. The molecule has 0 fully saturated rings. The maximum absolute atomic E-state index is 13.5. The monoisotopic (exact) mass is 543 g/mol. The lowest BCUT2D eigenvalue weighted by Gasteiger charge is -2.13. The minimum atomic E-state index is -3.99. The number of H-pyrrole nitrogens is 1. The molecule has 36 heavy (non-hydrogen) atoms. The zero-order chi connectivity index (χ0) is 25.8. The fourth-order valence-corrected chi connectivity index (χ4v) is 5.53. The minimum Gasteiger partial charge on any atom is -0.399 e. The molecule has 0 atom stereocenters. The number of nitrogens with zero attached hydrogens (tertiary/aromatic N) is 2. The van der Waals surface area contributed by atoms with Crippen LogP contribution in [0, 0.1) is 0 Å². The Kier molecular flexibility index (Phi) is 5.74. The Labute approximate surface area is 212 Å². The number of anilines is 1. The highest BCUT2D eigenvalue weighted by atomic mass is 35.5. The number of hydrogen-bond acceptors (Lipinski definition) is 7. The number of carbonyl (C=O) groups is 1. The van der Waals surface area contributed by atoms with E-state index in [1.807, 2.05) is 4.72 Å². The van der Waals surface area contributed by atoms with Gasteiger partial charge in [0.25, 0.3) is 11.5 Å². The molecule has 3 heterocycles. The first-order valence-electron chi connectivity index (χ1n) is 10.4. The second-order valence-corrected chi connectivity index (χ2v) is 11.1. The highest BCUT2D eigenvalue weighted by Crippen LogP contribution is 2.32. The minimum absolute atomic E-state index is 0.0862. The lowest BCUT2D eigenvalue weighted by atomic mass is 10.2. The standard InChI is InChI=1S/C23H18ClN5O5S2/c1-36(33,34)27-21(30)20-19(29-22(31)16-10-35-11-17(16)26-23(29)32)15-8-13(24)5-6-18(15)28(20)9-12-3-2-4-14(25)7-12/h2-8,10-11H,9,25H2,1H3,(H,26,32)(H,27,30). The van der Waals surface area contributed by atoms with Gasteiger partial charge in [0.05, 0.1) is 28.4 Å². The molecule has 0 radical (unpaired) electrons. The molecule has 5 aromatic rings. The van der Waals surface area contributed by atoms with Crippen LogP contribution in [0.25, 0.3) is 27.5 Å². The Morgan fingerprint density at radius 2 is 1.92 bits per heavy atom. The summed E-state index contributed by atoms with van der Waals surface area (Å²) in [6.45, 7) is 0.0863. The van der Waals surface area contributed by atoms with Crippen LogP contribution in [-0.4, -0.2) is 34.7 Å². The smallest absolute Gasteiger partial charge is 0.333 e. The van der Waals surface area contributed by atoms with Crippen molar-refractivity contribution in [2.24, 2.45) is 0 Å². The van der Waals surface area contributed by atoms with Crippen LogP contribution in [0.2, 0.25) is 5.02 Å². The summed E-state index contributed by atoms with van der Waals surface area (Å²) in [7, 11) is -3.99. The maximum atomic E-state index is 13.5. The number of hydrogen-bond donors (Lipinski definition) is 3. The van der Waals surface area contributed by atoms with Crippen molar-refractivity contribution >= 4 is 66.4 Å². The summed E-state index contributed by atoms with van der Waals surface area (Å²) >= 11 is 7.50. The van der Waals surface area contributed by atoms with Crippen molar-refractivity contribution in [3.05, 3.63) is 90.3 Å². The summed E-state index contributed by atoms with van der Waals surface area (Å²) in [5, 5.41) is 4.06. The number of thiophene rings is 1. The Balaban J connectivity index is 1.92. The molecule has 0 bridgehead atoms. The molecular weight excluding hydrogens is 526 g/mol. The van der Waals surface area contributed by atoms with Gasteiger partial charge in [0.1, 0.15) is 5.69 Å². The van der Waals surface area contributed by atoms with Crippen LogP contribution < -0.4 is 21.7 Å². The highest BCUT2D eigenvalue weighted by molar-refractivity contribution is 7.89. The van der Waals surface area contributed by atoms with E-state index in [9.17, 15) is 22.8 Å². The van der Waals surface area contributed by atoms with Gasteiger partial charge < -0.3 is 15.3 Å². The first kappa shape index (κ1) is 23.9. The molecule has 1 amide bonds. The number of benzene rings is 2. The van der Waals surface area contributed by atoms with Gasteiger partial charge in [-0.05, 0) is 35.9 Å². The fraction of sp³-hybridized carbons (Fsp3) is 0.0870. The molecule has 13 heteroatoms. The summed E-state index contributed by atoms with van der Waals surface area (Å²) in [4.78, 5) is 42.7. The maximum Gasteiger partial charge on any atom is 0.333 e.